The molecule has 0 radical (unpaired) electrons. The smallest absolute Gasteiger partial charge is 0.410 e. The van der Waals surface area contributed by atoms with E-state index in [-0.39, 0.29) is 24.3 Å². The number of aliphatic hydroxyl groups is 2. The second kappa shape index (κ2) is 13.8. The summed E-state index contributed by atoms with van der Waals surface area (Å²) in [5, 5.41) is 20.9. The summed E-state index contributed by atoms with van der Waals surface area (Å²) in [5.41, 5.74) is -0.776. The molecule has 2 aliphatic heterocycles. The van der Waals surface area contributed by atoms with Crippen LogP contribution < -0.4 is 5.32 Å². The van der Waals surface area contributed by atoms with Gasteiger partial charge in [-0.25, -0.2) is 4.79 Å². The zero-order valence-electron chi connectivity index (χ0n) is 19.1. The SMILES string of the molecule is CC(C)(C)OC(=O)N1CCCC1CO.CC(C)(C)OC=O.OCC1CCNCC1. The molecule has 0 aliphatic carbocycles. The van der Waals surface area contributed by atoms with Crippen LogP contribution in [0.15, 0.2) is 0 Å². The van der Waals surface area contributed by atoms with Gasteiger partial charge in [0.05, 0.1) is 12.6 Å². The zero-order valence-corrected chi connectivity index (χ0v) is 19.1. The fraction of sp³-hybridized carbons (Fsp3) is 0.905. The molecule has 0 spiro atoms. The lowest BCUT2D eigenvalue weighted by molar-refractivity contribution is -0.138. The van der Waals surface area contributed by atoms with Gasteiger partial charge >= 0.3 is 6.09 Å². The van der Waals surface area contributed by atoms with Gasteiger partial charge in [-0.15, -0.1) is 0 Å². The first-order valence-corrected chi connectivity index (χ1v) is 10.5. The average molecular weight is 419 g/mol. The van der Waals surface area contributed by atoms with E-state index < -0.39 is 5.60 Å². The molecule has 0 aromatic heterocycles. The van der Waals surface area contributed by atoms with Gasteiger partial charge in [0.1, 0.15) is 11.2 Å². The van der Waals surface area contributed by atoms with Gasteiger partial charge in [-0.1, -0.05) is 0 Å². The first-order valence-electron chi connectivity index (χ1n) is 10.5. The van der Waals surface area contributed by atoms with E-state index in [2.05, 4.69) is 10.1 Å². The third-order valence-corrected chi connectivity index (χ3v) is 4.33. The maximum absolute atomic E-state index is 11.6. The van der Waals surface area contributed by atoms with Crippen LogP contribution in [-0.2, 0) is 14.3 Å². The monoisotopic (exact) mass is 418 g/mol. The van der Waals surface area contributed by atoms with Crippen LogP contribution >= 0.6 is 0 Å². The van der Waals surface area contributed by atoms with Crippen molar-refractivity contribution < 1.29 is 29.3 Å². The Morgan fingerprint density at radius 1 is 1.03 bits per heavy atom. The van der Waals surface area contributed by atoms with E-state index in [1.807, 2.05) is 41.5 Å². The summed E-state index contributed by atoms with van der Waals surface area (Å²) in [6.45, 7) is 14.7. The summed E-state index contributed by atoms with van der Waals surface area (Å²) in [4.78, 5) is 22.8. The normalized spacial score (nSPS) is 20.0. The summed E-state index contributed by atoms with van der Waals surface area (Å²) in [5.74, 6) is 0.580. The Bertz CT molecular complexity index is 453. The number of hydrogen-bond donors (Lipinski definition) is 3. The van der Waals surface area contributed by atoms with Crippen LogP contribution in [0.2, 0.25) is 0 Å². The van der Waals surface area contributed by atoms with Crippen molar-refractivity contribution in [3.05, 3.63) is 0 Å². The molecule has 8 nitrogen and oxygen atoms in total. The van der Waals surface area contributed by atoms with Crippen molar-refractivity contribution in [2.75, 3.05) is 32.8 Å². The Hall–Kier alpha value is -1.38. The minimum atomic E-state index is -0.459. The first-order chi connectivity index (χ1) is 13.4. The number of nitrogens with one attached hydrogen (secondary N) is 1. The molecule has 2 rings (SSSR count). The van der Waals surface area contributed by atoms with Gasteiger partial charge < -0.3 is 29.9 Å². The fourth-order valence-electron chi connectivity index (χ4n) is 2.80. The molecule has 0 aromatic rings. The number of hydrogen-bond acceptors (Lipinski definition) is 7. The van der Waals surface area contributed by atoms with E-state index in [0.717, 1.165) is 38.8 Å². The number of carbonyl (C=O) groups excluding carboxylic acids is 2. The molecule has 2 aliphatic rings. The predicted molar refractivity (Wildman–Crippen MR) is 113 cm³/mol. The highest BCUT2D eigenvalue weighted by atomic mass is 16.6. The molecule has 1 amide bonds. The van der Waals surface area contributed by atoms with Crippen LogP contribution in [0.25, 0.3) is 0 Å². The summed E-state index contributed by atoms with van der Waals surface area (Å²) < 4.78 is 9.78. The molecule has 8 heteroatoms. The minimum absolute atomic E-state index is 0.0270. The average Bonchev–Trinajstić information content (AvgIpc) is 3.10. The molecule has 0 aromatic carbocycles. The highest BCUT2D eigenvalue weighted by molar-refractivity contribution is 5.68. The summed E-state index contributed by atoms with van der Waals surface area (Å²) in [7, 11) is 0. The number of carbonyl (C=O) groups is 2. The topological polar surface area (TPSA) is 108 Å². The van der Waals surface area contributed by atoms with Gasteiger partial charge in [-0.3, -0.25) is 4.79 Å². The lowest BCUT2D eigenvalue weighted by atomic mass is 10.00. The summed E-state index contributed by atoms with van der Waals surface area (Å²) in [6.07, 6.45) is 3.81. The fourth-order valence-corrected chi connectivity index (χ4v) is 2.80. The quantitative estimate of drug-likeness (QED) is 0.604. The lowest BCUT2D eigenvalue weighted by Crippen LogP contribution is -2.41. The first kappa shape index (κ1) is 27.6. The predicted octanol–water partition coefficient (Wildman–Crippen LogP) is 2.31. The molecule has 29 heavy (non-hydrogen) atoms. The van der Waals surface area contributed by atoms with Gasteiger partial charge in [0.2, 0.25) is 0 Å². The van der Waals surface area contributed by atoms with Crippen LogP contribution in [0.4, 0.5) is 4.79 Å². The van der Waals surface area contributed by atoms with Crippen LogP contribution in [-0.4, -0.2) is 77.8 Å². The number of rotatable bonds is 3. The van der Waals surface area contributed by atoms with E-state index in [1.165, 1.54) is 0 Å². The van der Waals surface area contributed by atoms with Crippen LogP contribution in [0.5, 0.6) is 0 Å². The lowest BCUT2D eigenvalue weighted by Gasteiger charge is -2.27. The Kier molecular flexibility index (Phi) is 13.1. The highest BCUT2D eigenvalue weighted by Gasteiger charge is 2.31. The molecule has 1 atom stereocenters. The van der Waals surface area contributed by atoms with Crippen LogP contribution in [0, 0.1) is 5.92 Å². The number of piperidine rings is 1. The standard InChI is InChI=1S/C10H19NO3.C6H13NO.C5H10O2/c1-10(2,3)14-9(13)11-6-4-5-8(11)7-12;8-5-6-1-3-7-4-2-6;1-5(2,3)7-4-6/h8,12H,4-7H2,1-3H3;6-8H,1-5H2;4H,1-3H3. The Morgan fingerprint density at radius 3 is 1.97 bits per heavy atom. The molecule has 2 saturated heterocycles. The number of aliphatic hydroxyl groups excluding tert-OH is 2. The van der Waals surface area contributed by atoms with E-state index in [9.17, 15) is 9.59 Å². The zero-order chi connectivity index (χ0) is 22.5. The van der Waals surface area contributed by atoms with Crippen LogP contribution in [0.3, 0.4) is 0 Å². The largest absolute Gasteiger partial charge is 0.462 e. The third kappa shape index (κ3) is 14.3. The number of nitrogens with zero attached hydrogens (tertiary/aromatic N) is 1. The second-order valence-corrected chi connectivity index (χ2v) is 9.35. The van der Waals surface area contributed by atoms with Crippen LogP contribution in [0.1, 0.15) is 67.2 Å². The maximum atomic E-state index is 11.6. The second-order valence-electron chi connectivity index (χ2n) is 9.35. The van der Waals surface area contributed by atoms with Gasteiger partial charge in [0.25, 0.3) is 6.47 Å². The highest BCUT2D eigenvalue weighted by Crippen LogP contribution is 2.20. The Morgan fingerprint density at radius 2 is 1.62 bits per heavy atom. The molecule has 1 unspecified atom stereocenters. The molecular weight excluding hydrogens is 376 g/mol. The van der Waals surface area contributed by atoms with Gasteiger partial charge in [0.15, 0.2) is 0 Å². The van der Waals surface area contributed by atoms with Crippen molar-refractivity contribution in [2.24, 2.45) is 5.92 Å². The summed E-state index contributed by atoms with van der Waals surface area (Å²) >= 11 is 0. The number of amides is 1. The van der Waals surface area contributed by atoms with Crippen molar-refractivity contribution in [3.8, 4) is 0 Å². The molecule has 172 valence electrons. The van der Waals surface area contributed by atoms with E-state index in [1.54, 1.807) is 4.90 Å². The number of likely N-dealkylation sites (tertiary alicyclic amines) is 1. The Balaban J connectivity index is 0.000000444. The molecule has 2 fully saturated rings. The summed E-state index contributed by atoms with van der Waals surface area (Å²) in [6, 6.07) is -0.0511. The van der Waals surface area contributed by atoms with Crippen molar-refractivity contribution >= 4 is 12.6 Å². The molecular formula is C21H42N2O6. The van der Waals surface area contributed by atoms with Gasteiger partial charge in [-0.05, 0) is 86.2 Å². The van der Waals surface area contributed by atoms with Crippen molar-refractivity contribution in [1.29, 1.82) is 0 Å². The number of ether oxygens (including phenoxy) is 2. The van der Waals surface area contributed by atoms with Crippen molar-refractivity contribution in [1.82, 2.24) is 10.2 Å². The Labute approximate surface area is 175 Å². The van der Waals surface area contributed by atoms with E-state index in [0.29, 0.717) is 25.5 Å². The van der Waals surface area contributed by atoms with E-state index >= 15 is 0 Å². The maximum Gasteiger partial charge on any atom is 0.410 e. The minimum Gasteiger partial charge on any atom is -0.462 e. The molecule has 0 bridgehead atoms. The van der Waals surface area contributed by atoms with Gasteiger partial charge in [0, 0.05) is 13.2 Å². The van der Waals surface area contributed by atoms with Crippen molar-refractivity contribution in [2.45, 2.75) is 84.5 Å². The molecule has 2 heterocycles. The third-order valence-electron chi connectivity index (χ3n) is 4.33. The van der Waals surface area contributed by atoms with Gasteiger partial charge in [-0.2, -0.15) is 0 Å². The van der Waals surface area contributed by atoms with Crippen molar-refractivity contribution in [3.63, 3.8) is 0 Å². The molecule has 0 saturated carbocycles. The van der Waals surface area contributed by atoms with E-state index in [4.69, 9.17) is 14.9 Å². The molecule has 3 N–H and O–H groups in total.